The van der Waals surface area contributed by atoms with Crippen molar-refractivity contribution in [2.75, 3.05) is 42.6 Å². The Kier molecular flexibility index (Phi) is 7.97. The van der Waals surface area contributed by atoms with Crippen molar-refractivity contribution in [1.82, 2.24) is 25.1 Å². The number of nitrogens with zero attached hydrogens (tertiary/aromatic N) is 6. The van der Waals surface area contributed by atoms with E-state index >= 15 is 0 Å². The Morgan fingerprint density at radius 1 is 1.05 bits per heavy atom. The van der Waals surface area contributed by atoms with E-state index in [9.17, 15) is 9.90 Å². The number of anilines is 2. The van der Waals surface area contributed by atoms with Crippen LogP contribution in [0.2, 0.25) is 0 Å². The van der Waals surface area contributed by atoms with Gasteiger partial charge in [-0.15, -0.1) is 5.10 Å². The molecule has 1 unspecified atom stereocenters. The molecule has 0 radical (unpaired) electrons. The van der Waals surface area contributed by atoms with Crippen molar-refractivity contribution in [1.29, 1.82) is 0 Å². The number of benzene rings is 1. The van der Waals surface area contributed by atoms with Gasteiger partial charge in [0.2, 0.25) is 0 Å². The zero-order valence-electron chi connectivity index (χ0n) is 25.9. The number of carboxylic acid groups (broad SMARTS) is 1. The average molecular weight is 667 g/mol. The first kappa shape index (κ1) is 29.8. The van der Waals surface area contributed by atoms with Gasteiger partial charge in [-0.1, -0.05) is 24.3 Å². The van der Waals surface area contributed by atoms with Gasteiger partial charge < -0.3 is 25.0 Å². The van der Waals surface area contributed by atoms with Crippen LogP contribution in [0.4, 0.5) is 16.4 Å². The molecule has 236 valence electrons. The highest BCUT2D eigenvalue weighted by molar-refractivity contribution is 9.10. The number of rotatable bonds is 6. The van der Waals surface area contributed by atoms with E-state index in [2.05, 4.69) is 55.3 Å². The van der Waals surface area contributed by atoms with Gasteiger partial charge in [0.15, 0.2) is 29.0 Å². The Morgan fingerprint density at radius 2 is 1.80 bits per heavy atom. The summed E-state index contributed by atoms with van der Waals surface area (Å²) in [4.78, 5) is 26.8. The monoisotopic (exact) mass is 665 g/mol. The van der Waals surface area contributed by atoms with Gasteiger partial charge in [-0.2, -0.15) is 0 Å². The van der Waals surface area contributed by atoms with Gasteiger partial charge in [-0.3, -0.25) is 0 Å². The molecule has 10 nitrogen and oxygen atoms in total. The van der Waals surface area contributed by atoms with Crippen LogP contribution in [0.25, 0.3) is 11.2 Å². The van der Waals surface area contributed by atoms with E-state index in [1.807, 2.05) is 18.5 Å². The van der Waals surface area contributed by atoms with E-state index in [-0.39, 0.29) is 17.6 Å². The number of aromatic nitrogens is 4. The normalized spacial score (nSPS) is 23.7. The van der Waals surface area contributed by atoms with Gasteiger partial charge in [0.25, 0.3) is 0 Å². The van der Waals surface area contributed by atoms with Gasteiger partial charge in [0.1, 0.15) is 4.60 Å². The highest BCUT2D eigenvalue weighted by atomic mass is 79.9. The summed E-state index contributed by atoms with van der Waals surface area (Å²) in [6, 6.07) is 8.76. The molecule has 1 aromatic carbocycles. The van der Waals surface area contributed by atoms with Gasteiger partial charge in [-0.05, 0) is 116 Å². The van der Waals surface area contributed by atoms with E-state index in [0.717, 1.165) is 105 Å². The lowest BCUT2D eigenvalue weighted by atomic mass is 9.66. The largest absolute Gasteiger partial charge is 0.465 e. The Bertz CT molecular complexity index is 1520. The summed E-state index contributed by atoms with van der Waals surface area (Å²) < 4.78 is 8.98. The SMILES string of the molecule is CC(C)(C[C@@H]1c2ccccc2CC12CCN(c1nc3c(nc1Br)c(N1CCCCC1)nn3C1CCCCO1)CC2)NC(=O)O. The smallest absolute Gasteiger partial charge is 0.405 e. The third-order valence-electron chi connectivity index (χ3n) is 10.5. The van der Waals surface area contributed by atoms with E-state index in [0.29, 0.717) is 0 Å². The van der Waals surface area contributed by atoms with Crippen molar-refractivity contribution in [3.05, 3.63) is 40.0 Å². The molecule has 3 aromatic rings. The lowest BCUT2D eigenvalue weighted by Crippen LogP contribution is -2.48. The van der Waals surface area contributed by atoms with E-state index < -0.39 is 11.6 Å². The van der Waals surface area contributed by atoms with Crippen LogP contribution in [0, 0.1) is 5.41 Å². The second-order valence-electron chi connectivity index (χ2n) is 13.9. The maximum Gasteiger partial charge on any atom is 0.405 e. The standard InChI is InChI=1S/C33H44BrN7O3/c1-32(2,37-31(42)43)21-24-23-11-5-4-10-22(23)20-33(24)13-17-40(18-14-33)30-27(34)35-26-28(36-30)41(25-12-6-9-19-44-25)38-29(26)39-15-7-3-8-16-39/h4-5,10-11,24-25,37H,3,6-9,12-21H2,1-2H3,(H,42,43)/t24-,25?/m1/s1. The molecule has 3 saturated heterocycles. The maximum atomic E-state index is 11.6. The van der Waals surface area contributed by atoms with Crippen molar-refractivity contribution in [3.8, 4) is 0 Å². The number of ether oxygens (including phenoxy) is 1. The molecule has 0 saturated carbocycles. The number of hydrogen-bond donors (Lipinski definition) is 2. The Labute approximate surface area is 267 Å². The second-order valence-corrected chi connectivity index (χ2v) is 14.7. The summed E-state index contributed by atoms with van der Waals surface area (Å²) in [5.74, 6) is 2.08. The predicted octanol–water partition coefficient (Wildman–Crippen LogP) is 6.64. The first-order chi connectivity index (χ1) is 21.2. The van der Waals surface area contributed by atoms with Crippen molar-refractivity contribution < 1.29 is 14.6 Å². The average Bonchev–Trinajstić information content (AvgIpc) is 3.52. The van der Waals surface area contributed by atoms with Gasteiger partial charge in [0.05, 0.1) is 0 Å². The van der Waals surface area contributed by atoms with Crippen molar-refractivity contribution in [3.63, 3.8) is 0 Å². The Balaban J connectivity index is 1.18. The molecule has 1 spiro atoms. The molecule has 2 aromatic heterocycles. The first-order valence-corrected chi connectivity index (χ1v) is 17.2. The van der Waals surface area contributed by atoms with Crippen LogP contribution in [0.1, 0.15) is 94.9 Å². The minimum absolute atomic E-state index is 0.0841. The topological polar surface area (TPSA) is 109 Å². The molecule has 3 fully saturated rings. The highest BCUT2D eigenvalue weighted by Crippen LogP contribution is 2.56. The third kappa shape index (κ3) is 5.55. The summed E-state index contributed by atoms with van der Waals surface area (Å²) in [5, 5.41) is 17.4. The van der Waals surface area contributed by atoms with Crippen LogP contribution >= 0.6 is 15.9 Å². The molecule has 4 aliphatic rings. The van der Waals surface area contributed by atoms with E-state index in [4.69, 9.17) is 19.8 Å². The molecular formula is C33H44BrN7O3. The summed E-state index contributed by atoms with van der Waals surface area (Å²) in [7, 11) is 0. The van der Waals surface area contributed by atoms with E-state index in [1.165, 1.54) is 30.4 Å². The number of piperidine rings is 2. The summed E-state index contributed by atoms with van der Waals surface area (Å²) in [6.45, 7) is 8.48. The van der Waals surface area contributed by atoms with Crippen LogP contribution in [-0.4, -0.2) is 69.3 Å². The fraction of sp³-hybridized carbons (Fsp3) is 0.636. The quantitative estimate of drug-likeness (QED) is 0.302. The lowest BCUT2D eigenvalue weighted by molar-refractivity contribution is -0.0369. The minimum atomic E-state index is -0.967. The zero-order chi connectivity index (χ0) is 30.5. The summed E-state index contributed by atoms with van der Waals surface area (Å²) in [5.41, 5.74) is 4.00. The Hall–Kier alpha value is -2.92. The number of halogens is 1. The van der Waals surface area contributed by atoms with Gasteiger partial charge in [0, 0.05) is 38.3 Å². The van der Waals surface area contributed by atoms with E-state index in [1.54, 1.807) is 0 Å². The molecule has 1 aliphatic carbocycles. The van der Waals surface area contributed by atoms with Crippen LogP contribution in [-0.2, 0) is 11.2 Å². The number of nitrogens with one attached hydrogen (secondary N) is 1. The molecule has 0 bridgehead atoms. The van der Waals surface area contributed by atoms with Gasteiger partial charge in [-0.25, -0.2) is 19.4 Å². The molecule has 11 heteroatoms. The second kappa shape index (κ2) is 11.8. The summed E-state index contributed by atoms with van der Waals surface area (Å²) >= 11 is 3.82. The molecule has 44 heavy (non-hydrogen) atoms. The summed E-state index contributed by atoms with van der Waals surface area (Å²) in [6.07, 6.45) is 9.48. The fourth-order valence-electron chi connectivity index (χ4n) is 8.28. The number of hydrogen-bond acceptors (Lipinski definition) is 7. The van der Waals surface area contributed by atoms with Crippen LogP contribution in [0.15, 0.2) is 28.9 Å². The van der Waals surface area contributed by atoms with Crippen LogP contribution in [0.3, 0.4) is 0 Å². The van der Waals surface area contributed by atoms with Crippen molar-refractivity contribution in [2.24, 2.45) is 5.41 Å². The number of carbonyl (C=O) groups is 1. The molecule has 5 heterocycles. The number of fused-ring (bicyclic) bond motifs is 2. The van der Waals surface area contributed by atoms with Crippen LogP contribution < -0.4 is 15.1 Å². The minimum Gasteiger partial charge on any atom is -0.465 e. The number of amides is 1. The van der Waals surface area contributed by atoms with Gasteiger partial charge >= 0.3 is 6.09 Å². The van der Waals surface area contributed by atoms with Crippen LogP contribution in [0.5, 0.6) is 0 Å². The maximum absolute atomic E-state index is 11.6. The molecule has 2 atom stereocenters. The van der Waals surface area contributed by atoms with Crippen molar-refractivity contribution in [2.45, 2.75) is 95.7 Å². The first-order valence-electron chi connectivity index (χ1n) is 16.4. The highest BCUT2D eigenvalue weighted by Gasteiger charge is 2.49. The zero-order valence-corrected chi connectivity index (χ0v) is 27.5. The molecule has 1 amide bonds. The van der Waals surface area contributed by atoms with Crippen molar-refractivity contribution >= 4 is 44.8 Å². The molecular weight excluding hydrogens is 622 g/mol. The lowest BCUT2D eigenvalue weighted by Gasteiger charge is -2.45. The molecule has 3 aliphatic heterocycles. The Morgan fingerprint density at radius 3 is 2.52 bits per heavy atom. The fourth-order valence-corrected chi connectivity index (χ4v) is 8.79. The molecule has 7 rings (SSSR count). The molecule has 2 N–H and O–H groups in total. The predicted molar refractivity (Wildman–Crippen MR) is 175 cm³/mol. The third-order valence-corrected chi connectivity index (χ3v) is 11.0.